The van der Waals surface area contributed by atoms with Crippen LogP contribution in [0.5, 0.6) is 0 Å². The molecule has 2 aromatic heterocycles. The van der Waals surface area contributed by atoms with Crippen molar-refractivity contribution in [3.8, 4) is 0 Å². The Morgan fingerprint density at radius 3 is 3.25 bits per heavy atom. The summed E-state index contributed by atoms with van der Waals surface area (Å²) in [6.45, 7) is 4.01. The molecule has 0 saturated carbocycles. The van der Waals surface area contributed by atoms with Gasteiger partial charge in [0.2, 0.25) is 0 Å². The zero-order chi connectivity index (χ0) is 13.8. The molecular weight excluding hydrogens is 252 g/mol. The summed E-state index contributed by atoms with van der Waals surface area (Å²) < 4.78 is 7.76. The number of fused-ring (bicyclic) bond motifs is 1. The van der Waals surface area contributed by atoms with Crippen LogP contribution in [0.3, 0.4) is 0 Å². The second kappa shape index (κ2) is 6.33. The number of rotatable bonds is 5. The van der Waals surface area contributed by atoms with Crippen LogP contribution in [0.15, 0.2) is 24.4 Å². The second-order valence-electron chi connectivity index (χ2n) is 5.37. The molecule has 1 aliphatic rings. The van der Waals surface area contributed by atoms with Gasteiger partial charge in [-0.1, -0.05) is 13.0 Å². The van der Waals surface area contributed by atoms with Crippen LogP contribution >= 0.6 is 0 Å². The first-order valence-electron chi connectivity index (χ1n) is 7.50. The van der Waals surface area contributed by atoms with E-state index < -0.39 is 0 Å². The van der Waals surface area contributed by atoms with Gasteiger partial charge >= 0.3 is 0 Å². The van der Waals surface area contributed by atoms with Crippen molar-refractivity contribution in [2.75, 3.05) is 13.2 Å². The Labute approximate surface area is 119 Å². The lowest BCUT2D eigenvalue weighted by molar-refractivity contribution is 0.0000964. The Kier molecular flexibility index (Phi) is 4.28. The summed E-state index contributed by atoms with van der Waals surface area (Å²) in [7, 11) is 0. The predicted molar refractivity (Wildman–Crippen MR) is 77.7 cm³/mol. The Morgan fingerprint density at radius 2 is 2.35 bits per heavy atom. The number of aromatic nitrogens is 3. The SMILES string of the molecule is CCC1CC(NCCc2nnc3ccccn23)CCO1. The normalized spacial score (nSPS) is 23.2. The number of nitrogens with one attached hydrogen (secondary N) is 1. The fourth-order valence-electron chi connectivity index (χ4n) is 2.80. The van der Waals surface area contributed by atoms with Gasteiger partial charge < -0.3 is 10.1 Å². The Bertz CT molecular complexity index is 554. The molecule has 0 spiro atoms. The summed E-state index contributed by atoms with van der Waals surface area (Å²) in [5.41, 5.74) is 0.916. The van der Waals surface area contributed by atoms with E-state index in [4.69, 9.17) is 4.74 Å². The number of ether oxygens (including phenoxy) is 1. The smallest absolute Gasteiger partial charge is 0.160 e. The molecule has 20 heavy (non-hydrogen) atoms. The lowest BCUT2D eigenvalue weighted by atomic mass is 10.0. The van der Waals surface area contributed by atoms with Crippen molar-refractivity contribution >= 4 is 5.65 Å². The van der Waals surface area contributed by atoms with Crippen LogP contribution in [0.2, 0.25) is 0 Å². The Balaban J connectivity index is 1.52. The van der Waals surface area contributed by atoms with Crippen LogP contribution in [0.25, 0.3) is 5.65 Å². The van der Waals surface area contributed by atoms with Crippen molar-refractivity contribution in [2.45, 2.75) is 44.8 Å². The molecule has 2 aromatic rings. The van der Waals surface area contributed by atoms with E-state index >= 15 is 0 Å². The summed E-state index contributed by atoms with van der Waals surface area (Å²) in [6.07, 6.45) is 6.68. The maximum absolute atomic E-state index is 5.70. The highest BCUT2D eigenvalue weighted by Gasteiger charge is 2.20. The Hall–Kier alpha value is -1.46. The number of pyridine rings is 1. The lowest BCUT2D eigenvalue weighted by Gasteiger charge is -2.29. The fraction of sp³-hybridized carbons (Fsp3) is 0.600. The van der Waals surface area contributed by atoms with Crippen LogP contribution in [-0.2, 0) is 11.2 Å². The zero-order valence-corrected chi connectivity index (χ0v) is 12.0. The van der Waals surface area contributed by atoms with Gasteiger partial charge in [0, 0.05) is 31.8 Å². The zero-order valence-electron chi connectivity index (χ0n) is 12.0. The highest BCUT2D eigenvalue weighted by molar-refractivity contribution is 5.36. The third kappa shape index (κ3) is 2.99. The van der Waals surface area contributed by atoms with E-state index in [1.807, 2.05) is 24.4 Å². The van der Waals surface area contributed by atoms with Crippen LogP contribution in [-0.4, -0.2) is 39.9 Å². The van der Waals surface area contributed by atoms with Gasteiger partial charge in [0.15, 0.2) is 5.65 Å². The summed E-state index contributed by atoms with van der Waals surface area (Å²) in [5, 5.41) is 12.1. The van der Waals surface area contributed by atoms with Gasteiger partial charge in [-0.15, -0.1) is 10.2 Å². The first kappa shape index (κ1) is 13.5. The molecule has 2 unspecified atom stereocenters. The van der Waals surface area contributed by atoms with E-state index in [9.17, 15) is 0 Å². The van der Waals surface area contributed by atoms with Crippen molar-refractivity contribution < 1.29 is 4.74 Å². The molecule has 1 N–H and O–H groups in total. The van der Waals surface area contributed by atoms with E-state index in [0.29, 0.717) is 12.1 Å². The fourth-order valence-corrected chi connectivity index (χ4v) is 2.80. The molecule has 1 fully saturated rings. The molecule has 3 rings (SSSR count). The minimum atomic E-state index is 0.426. The average molecular weight is 274 g/mol. The van der Waals surface area contributed by atoms with Crippen molar-refractivity contribution in [3.05, 3.63) is 30.2 Å². The largest absolute Gasteiger partial charge is 0.378 e. The molecule has 3 heterocycles. The maximum Gasteiger partial charge on any atom is 0.160 e. The van der Waals surface area contributed by atoms with Gasteiger partial charge in [-0.2, -0.15) is 0 Å². The maximum atomic E-state index is 5.70. The highest BCUT2D eigenvalue weighted by Crippen LogP contribution is 2.16. The van der Waals surface area contributed by atoms with Crippen LogP contribution in [0, 0.1) is 0 Å². The second-order valence-corrected chi connectivity index (χ2v) is 5.37. The van der Waals surface area contributed by atoms with E-state index in [-0.39, 0.29) is 0 Å². The minimum Gasteiger partial charge on any atom is -0.378 e. The summed E-state index contributed by atoms with van der Waals surface area (Å²) >= 11 is 0. The third-order valence-electron chi connectivity index (χ3n) is 3.99. The van der Waals surface area contributed by atoms with Crippen molar-refractivity contribution in [1.82, 2.24) is 19.9 Å². The first-order chi connectivity index (χ1) is 9.86. The van der Waals surface area contributed by atoms with Gasteiger partial charge in [0.25, 0.3) is 0 Å². The third-order valence-corrected chi connectivity index (χ3v) is 3.99. The van der Waals surface area contributed by atoms with Crippen LogP contribution in [0.1, 0.15) is 32.0 Å². The molecule has 5 nitrogen and oxygen atoms in total. The predicted octanol–water partition coefficient (Wildman–Crippen LogP) is 1.82. The highest BCUT2D eigenvalue weighted by atomic mass is 16.5. The molecule has 0 aliphatic carbocycles. The van der Waals surface area contributed by atoms with Gasteiger partial charge in [0.1, 0.15) is 5.82 Å². The average Bonchev–Trinajstić information content (AvgIpc) is 2.91. The van der Waals surface area contributed by atoms with Gasteiger partial charge in [-0.05, 0) is 31.4 Å². The standard InChI is InChI=1S/C15H22N4O/c1-2-13-11-12(7-10-20-13)16-8-6-15-18-17-14-5-3-4-9-19(14)15/h3-5,9,12-13,16H,2,6-8,10-11H2,1H3. The van der Waals surface area contributed by atoms with Crippen LogP contribution in [0.4, 0.5) is 0 Å². The molecule has 1 saturated heterocycles. The van der Waals surface area contributed by atoms with Gasteiger partial charge in [-0.25, -0.2) is 0 Å². The molecular formula is C15H22N4O. The van der Waals surface area contributed by atoms with E-state index in [1.54, 1.807) is 0 Å². The van der Waals surface area contributed by atoms with Gasteiger partial charge in [0.05, 0.1) is 6.10 Å². The molecule has 2 atom stereocenters. The lowest BCUT2D eigenvalue weighted by Crippen LogP contribution is -2.39. The molecule has 0 aromatic carbocycles. The van der Waals surface area contributed by atoms with Gasteiger partial charge in [-0.3, -0.25) is 4.40 Å². The van der Waals surface area contributed by atoms with Crippen LogP contribution < -0.4 is 5.32 Å². The minimum absolute atomic E-state index is 0.426. The Morgan fingerprint density at radius 1 is 1.40 bits per heavy atom. The van der Waals surface area contributed by atoms with Crippen molar-refractivity contribution in [2.24, 2.45) is 0 Å². The van der Waals surface area contributed by atoms with E-state index in [2.05, 4.69) is 26.8 Å². The van der Waals surface area contributed by atoms with Crippen molar-refractivity contribution in [3.63, 3.8) is 0 Å². The van der Waals surface area contributed by atoms with Crippen molar-refractivity contribution in [1.29, 1.82) is 0 Å². The van der Waals surface area contributed by atoms with E-state index in [1.165, 1.54) is 0 Å². The molecule has 5 heteroatoms. The molecule has 108 valence electrons. The molecule has 1 aliphatic heterocycles. The summed E-state index contributed by atoms with van der Waals surface area (Å²) in [6, 6.07) is 6.55. The first-order valence-corrected chi connectivity index (χ1v) is 7.50. The quantitative estimate of drug-likeness (QED) is 0.903. The molecule has 0 radical (unpaired) electrons. The number of nitrogens with zero attached hydrogens (tertiary/aromatic N) is 3. The molecule has 0 bridgehead atoms. The number of hydrogen-bond donors (Lipinski definition) is 1. The summed E-state index contributed by atoms with van der Waals surface area (Å²) in [5.74, 6) is 1.02. The summed E-state index contributed by atoms with van der Waals surface area (Å²) in [4.78, 5) is 0. The number of hydrogen-bond acceptors (Lipinski definition) is 4. The monoisotopic (exact) mass is 274 g/mol. The topological polar surface area (TPSA) is 51.5 Å². The van der Waals surface area contributed by atoms with E-state index in [0.717, 1.165) is 50.3 Å². The molecule has 0 amide bonds.